The molecule has 0 unspecified atom stereocenters. The van der Waals surface area contributed by atoms with E-state index in [1.807, 2.05) is 7.05 Å². The van der Waals surface area contributed by atoms with Crippen molar-refractivity contribution in [2.75, 3.05) is 7.05 Å². The number of piperidine rings is 1. The van der Waals surface area contributed by atoms with Crippen LogP contribution in [-0.2, 0) is 4.79 Å². The number of fused-ring (bicyclic) bond motifs is 2. The molecule has 2 fully saturated rings. The van der Waals surface area contributed by atoms with E-state index < -0.39 is 0 Å². The number of nitriles is 1. The maximum Gasteiger partial charge on any atom is 0.150 e. The van der Waals surface area contributed by atoms with Crippen LogP contribution >= 0.6 is 0 Å². The molecule has 0 amide bonds. The van der Waals surface area contributed by atoms with Gasteiger partial charge in [0.2, 0.25) is 0 Å². The molecule has 0 aromatic heterocycles. The van der Waals surface area contributed by atoms with Crippen molar-refractivity contribution in [3.8, 4) is 6.07 Å². The Hall–Kier alpha value is -0.880. The molecule has 3 nitrogen and oxygen atoms in total. The minimum absolute atomic E-state index is 0.0494. The first kappa shape index (κ1) is 7.75. The molecule has 0 saturated carbocycles. The predicted octanol–water partition coefficient (Wildman–Crippen LogP) is 0.562. The number of carbonyl (C=O) groups is 1. The molecule has 2 aliphatic heterocycles. The van der Waals surface area contributed by atoms with Crippen molar-refractivity contribution in [2.45, 2.75) is 31.3 Å². The fourth-order valence-corrected chi connectivity index (χ4v) is 2.44. The highest BCUT2D eigenvalue weighted by atomic mass is 16.1. The average molecular weight is 164 g/mol. The fraction of sp³-hybridized carbons (Fsp3) is 0.778. The molecule has 2 heterocycles. The largest absolute Gasteiger partial charge is 0.298 e. The van der Waals surface area contributed by atoms with Crippen LogP contribution in [0.3, 0.4) is 0 Å². The molecule has 3 atom stereocenters. The summed E-state index contributed by atoms with van der Waals surface area (Å²) in [6.45, 7) is 0. The molecule has 2 rings (SSSR count). The van der Waals surface area contributed by atoms with Crippen LogP contribution in [0.1, 0.15) is 19.3 Å². The van der Waals surface area contributed by atoms with E-state index in [0.29, 0.717) is 18.2 Å². The minimum Gasteiger partial charge on any atom is -0.298 e. The number of Topliss-reactive ketones (excluding diaryl/α,β-unsaturated/α-hetero) is 1. The summed E-state index contributed by atoms with van der Waals surface area (Å²) in [5, 5.41) is 8.83. The van der Waals surface area contributed by atoms with Gasteiger partial charge in [0, 0.05) is 12.5 Å². The quantitative estimate of drug-likeness (QED) is 0.525. The third-order valence-electron chi connectivity index (χ3n) is 3.18. The second-order valence-corrected chi connectivity index (χ2v) is 3.72. The zero-order valence-corrected chi connectivity index (χ0v) is 7.16. The van der Waals surface area contributed by atoms with Gasteiger partial charge in [0.15, 0.2) is 0 Å². The summed E-state index contributed by atoms with van der Waals surface area (Å²) < 4.78 is 0. The summed E-state index contributed by atoms with van der Waals surface area (Å²) in [4.78, 5) is 13.5. The van der Waals surface area contributed by atoms with Gasteiger partial charge in [-0.3, -0.25) is 9.69 Å². The molecular weight excluding hydrogens is 152 g/mol. The molecule has 0 aliphatic carbocycles. The summed E-state index contributed by atoms with van der Waals surface area (Å²) >= 11 is 0. The number of hydrogen-bond acceptors (Lipinski definition) is 3. The van der Waals surface area contributed by atoms with Gasteiger partial charge in [-0.1, -0.05) is 0 Å². The van der Waals surface area contributed by atoms with Gasteiger partial charge in [-0.25, -0.2) is 0 Å². The highest BCUT2D eigenvalue weighted by Gasteiger charge is 2.45. The lowest BCUT2D eigenvalue weighted by Crippen LogP contribution is -2.42. The molecule has 0 radical (unpaired) electrons. The van der Waals surface area contributed by atoms with Gasteiger partial charge in [0.05, 0.1) is 18.0 Å². The number of carbonyl (C=O) groups excluding carboxylic acids is 1. The first-order valence-corrected chi connectivity index (χ1v) is 4.38. The van der Waals surface area contributed by atoms with Crippen LogP contribution in [-0.4, -0.2) is 29.8 Å². The van der Waals surface area contributed by atoms with Gasteiger partial charge < -0.3 is 0 Å². The summed E-state index contributed by atoms with van der Waals surface area (Å²) in [6, 6.07) is 2.69. The van der Waals surface area contributed by atoms with E-state index in [-0.39, 0.29) is 12.0 Å². The van der Waals surface area contributed by atoms with E-state index in [2.05, 4.69) is 11.0 Å². The van der Waals surface area contributed by atoms with Crippen molar-refractivity contribution < 1.29 is 4.79 Å². The van der Waals surface area contributed by atoms with Gasteiger partial charge in [0.25, 0.3) is 0 Å². The molecule has 0 spiro atoms. The van der Waals surface area contributed by atoms with Gasteiger partial charge in [-0.05, 0) is 19.9 Å². The third-order valence-corrected chi connectivity index (χ3v) is 3.18. The molecule has 2 saturated heterocycles. The van der Waals surface area contributed by atoms with Crippen LogP contribution in [0.25, 0.3) is 0 Å². The fourth-order valence-electron chi connectivity index (χ4n) is 2.44. The highest BCUT2D eigenvalue weighted by molar-refractivity contribution is 5.85. The van der Waals surface area contributed by atoms with Crippen LogP contribution < -0.4 is 0 Å². The van der Waals surface area contributed by atoms with Crippen molar-refractivity contribution >= 4 is 5.78 Å². The standard InChI is InChI=1S/C9H12N2O/c1-11-7-2-3-9(12)8(11)4-6(7)5-10/h6-8H,2-4H2,1H3/t6-,7-,8-/m0/s1. The Morgan fingerprint density at radius 2 is 2.42 bits per heavy atom. The number of rotatable bonds is 0. The number of ketones is 1. The topological polar surface area (TPSA) is 44.1 Å². The lowest BCUT2D eigenvalue weighted by molar-refractivity contribution is -0.125. The van der Waals surface area contributed by atoms with Crippen molar-refractivity contribution in [1.82, 2.24) is 4.90 Å². The Kier molecular flexibility index (Phi) is 1.66. The summed E-state index contributed by atoms with van der Waals surface area (Å²) in [5.41, 5.74) is 0. The summed E-state index contributed by atoms with van der Waals surface area (Å²) in [5.74, 6) is 0.415. The van der Waals surface area contributed by atoms with Crippen LogP contribution in [0, 0.1) is 17.2 Å². The van der Waals surface area contributed by atoms with E-state index in [0.717, 1.165) is 12.8 Å². The van der Waals surface area contributed by atoms with Crippen molar-refractivity contribution in [2.24, 2.45) is 5.92 Å². The average Bonchev–Trinajstić information content (AvgIpc) is 2.26. The van der Waals surface area contributed by atoms with Gasteiger partial charge in [0.1, 0.15) is 5.78 Å². The smallest absolute Gasteiger partial charge is 0.150 e. The molecule has 64 valence electrons. The lowest BCUT2D eigenvalue weighted by Gasteiger charge is -2.29. The first-order chi connectivity index (χ1) is 5.74. The Morgan fingerprint density at radius 3 is 3.00 bits per heavy atom. The summed E-state index contributed by atoms with van der Waals surface area (Å²) in [7, 11) is 1.96. The molecule has 2 bridgehead atoms. The van der Waals surface area contributed by atoms with E-state index >= 15 is 0 Å². The van der Waals surface area contributed by atoms with E-state index in [1.54, 1.807) is 0 Å². The Morgan fingerprint density at radius 1 is 1.67 bits per heavy atom. The molecule has 2 aliphatic rings. The van der Waals surface area contributed by atoms with Crippen molar-refractivity contribution in [1.29, 1.82) is 5.26 Å². The second kappa shape index (κ2) is 2.56. The van der Waals surface area contributed by atoms with Crippen LogP contribution in [0.15, 0.2) is 0 Å². The third kappa shape index (κ3) is 0.881. The van der Waals surface area contributed by atoms with E-state index in [4.69, 9.17) is 5.26 Å². The monoisotopic (exact) mass is 164 g/mol. The van der Waals surface area contributed by atoms with Crippen LogP contribution in [0.5, 0.6) is 0 Å². The molecule has 12 heavy (non-hydrogen) atoms. The lowest BCUT2D eigenvalue weighted by atomic mass is 9.99. The van der Waals surface area contributed by atoms with Crippen LogP contribution in [0.4, 0.5) is 0 Å². The SMILES string of the molecule is CN1[C@H]2C[C@@H](C#N)[C@@H]1CCC2=O. The normalized spacial score (nSPS) is 41.3. The van der Waals surface area contributed by atoms with Gasteiger partial charge >= 0.3 is 0 Å². The summed E-state index contributed by atoms with van der Waals surface area (Å²) in [6.07, 6.45) is 2.32. The Labute approximate surface area is 72.0 Å². The molecule has 0 N–H and O–H groups in total. The van der Waals surface area contributed by atoms with Crippen molar-refractivity contribution in [3.05, 3.63) is 0 Å². The van der Waals surface area contributed by atoms with Gasteiger partial charge in [-0.2, -0.15) is 5.26 Å². The zero-order valence-electron chi connectivity index (χ0n) is 7.16. The Bertz CT molecular complexity index is 256. The number of hydrogen-bond donors (Lipinski definition) is 0. The highest BCUT2D eigenvalue weighted by Crippen LogP contribution is 2.36. The van der Waals surface area contributed by atoms with Crippen LogP contribution in [0.2, 0.25) is 0 Å². The molecule has 0 aromatic carbocycles. The predicted molar refractivity (Wildman–Crippen MR) is 43.3 cm³/mol. The first-order valence-electron chi connectivity index (χ1n) is 4.38. The minimum atomic E-state index is 0.0494. The number of likely N-dealkylation sites (N-methyl/N-ethyl adjacent to an activating group) is 1. The van der Waals surface area contributed by atoms with E-state index in [9.17, 15) is 4.79 Å². The second-order valence-electron chi connectivity index (χ2n) is 3.72. The van der Waals surface area contributed by atoms with Gasteiger partial charge in [-0.15, -0.1) is 0 Å². The Balaban J connectivity index is 2.25. The van der Waals surface area contributed by atoms with Crippen molar-refractivity contribution in [3.63, 3.8) is 0 Å². The molecule has 3 heteroatoms. The molecule has 0 aromatic rings. The maximum absolute atomic E-state index is 11.4. The number of nitrogens with zero attached hydrogens (tertiary/aromatic N) is 2. The van der Waals surface area contributed by atoms with E-state index in [1.165, 1.54) is 0 Å². The molecular formula is C9H12N2O. The zero-order chi connectivity index (χ0) is 8.72. The maximum atomic E-state index is 11.4.